The quantitative estimate of drug-likeness (QED) is 0.0290. The lowest BCUT2D eigenvalue weighted by Crippen LogP contribution is -2.31. The standard InChI is InChI=1S/3C22H26N2O3/c3*1-26-21-10-7-18(8-11-21)6-9-19-4-2-3-5-22(19)27-17-20(25)16-24-14-12-23-13-15-24/h3*2-5,7-8,10-15,20,23,25H,6,9,16-17H2,1H3/t2*20-;/m10./s1. The summed E-state index contributed by atoms with van der Waals surface area (Å²) in [5.41, 5.74) is 7.18. The Morgan fingerprint density at radius 2 is 0.580 bits per heavy atom. The van der Waals surface area contributed by atoms with Crippen LogP contribution in [0.4, 0.5) is 0 Å². The summed E-state index contributed by atoms with van der Waals surface area (Å²) in [5.74, 6) is 5.09. The molecule has 0 amide bonds. The summed E-state index contributed by atoms with van der Waals surface area (Å²) in [6.45, 7) is 2.23. The Kier molecular flexibility index (Phi) is 24.9. The van der Waals surface area contributed by atoms with Gasteiger partial charge in [0, 0.05) is 74.4 Å². The Morgan fingerprint density at radius 1 is 0.333 bits per heavy atom. The molecule has 15 heteroatoms. The smallest absolute Gasteiger partial charge is 0.122 e. The lowest BCUT2D eigenvalue weighted by atomic mass is 10.0. The van der Waals surface area contributed by atoms with Gasteiger partial charge in [0.05, 0.1) is 41.0 Å². The first kappa shape index (κ1) is 59.9. The molecule has 3 atom stereocenters. The van der Waals surface area contributed by atoms with Crippen molar-refractivity contribution in [3.8, 4) is 34.5 Å². The Balaban J connectivity index is 0.000000175. The number of benzene rings is 6. The van der Waals surface area contributed by atoms with Gasteiger partial charge in [0.15, 0.2) is 0 Å². The van der Waals surface area contributed by atoms with Gasteiger partial charge in [-0.3, -0.25) is 0 Å². The first-order chi connectivity index (χ1) is 39.7. The molecule has 0 saturated carbocycles. The Morgan fingerprint density at radius 3 is 0.827 bits per heavy atom. The zero-order chi connectivity index (χ0) is 56.7. The minimum atomic E-state index is -0.577. The summed E-state index contributed by atoms with van der Waals surface area (Å²) in [6.07, 6.45) is 25.9. The van der Waals surface area contributed by atoms with E-state index in [-0.39, 0.29) is 19.8 Å². The fraction of sp³-hybridized carbons (Fsp3) is 0.273. The van der Waals surface area contributed by atoms with E-state index in [0.29, 0.717) is 19.6 Å². The van der Waals surface area contributed by atoms with Crippen LogP contribution in [0.3, 0.4) is 0 Å². The van der Waals surface area contributed by atoms with Crippen molar-refractivity contribution in [3.05, 3.63) is 253 Å². The van der Waals surface area contributed by atoms with Gasteiger partial charge in [-0.05, 0) is 127 Å². The highest BCUT2D eigenvalue weighted by molar-refractivity contribution is 5.38. The molecular formula is C66H78N6O9. The van der Waals surface area contributed by atoms with Crippen LogP contribution in [0, 0.1) is 0 Å². The first-order valence-electron chi connectivity index (χ1n) is 27.3. The van der Waals surface area contributed by atoms with Gasteiger partial charge in [0.2, 0.25) is 0 Å². The highest BCUT2D eigenvalue weighted by Gasteiger charge is 2.15. The fourth-order valence-corrected chi connectivity index (χ4v) is 8.73. The topological polar surface area (TPSA) is 162 Å². The number of hydrogen-bond acceptors (Lipinski definition) is 15. The molecule has 6 N–H and O–H groups in total. The lowest BCUT2D eigenvalue weighted by Gasteiger charge is -2.22. The number of hydrogen-bond donors (Lipinski definition) is 6. The van der Waals surface area contributed by atoms with E-state index < -0.39 is 18.3 Å². The maximum atomic E-state index is 10.2. The zero-order valence-electron chi connectivity index (χ0n) is 46.6. The summed E-state index contributed by atoms with van der Waals surface area (Å²) in [7, 11) is 5.02. The average molecular weight is 1100 g/mol. The van der Waals surface area contributed by atoms with Crippen molar-refractivity contribution in [3.63, 3.8) is 0 Å². The van der Waals surface area contributed by atoms with Gasteiger partial charge in [-0.15, -0.1) is 0 Å². The molecule has 3 heterocycles. The molecule has 6 aromatic carbocycles. The van der Waals surface area contributed by atoms with Crippen LogP contribution in [-0.2, 0) is 38.5 Å². The largest absolute Gasteiger partial charge is 0.497 e. The van der Waals surface area contributed by atoms with Gasteiger partial charge in [-0.2, -0.15) is 0 Å². The van der Waals surface area contributed by atoms with Crippen LogP contribution < -0.4 is 44.4 Å². The number of nitrogens with one attached hydrogen (secondary N) is 3. The van der Waals surface area contributed by atoms with Crippen LogP contribution in [0.15, 0.2) is 220 Å². The van der Waals surface area contributed by atoms with E-state index in [1.807, 2.05) is 180 Å². The highest BCUT2D eigenvalue weighted by atomic mass is 16.5. The minimum Gasteiger partial charge on any atom is -0.497 e. The zero-order valence-corrected chi connectivity index (χ0v) is 46.6. The van der Waals surface area contributed by atoms with Gasteiger partial charge < -0.3 is 74.4 Å². The number of para-hydroxylation sites is 3. The molecule has 81 heavy (non-hydrogen) atoms. The number of ether oxygens (including phenoxy) is 6. The molecule has 6 aromatic rings. The Labute approximate surface area is 478 Å². The van der Waals surface area contributed by atoms with E-state index in [0.717, 1.165) is 89.7 Å². The number of methoxy groups -OCH3 is 3. The molecule has 1 unspecified atom stereocenters. The number of aliphatic hydroxyl groups is 3. The van der Waals surface area contributed by atoms with E-state index in [1.165, 1.54) is 16.7 Å². The second-order valence-corrected chi connectivity index (χ2v) is 19.2. The van der Waals surface area contributed by atoms with Crippen LogP contribution in [-0.4, -0.2) is 109 Å². The third-order valence-electron chi connectivity index (χ3n) is 13.2. The third-order valence-corrected chi connectivity index (χ3v) is 13.2. The molecule has 9 rings (SSSR count). The predicted octanol–water partition coefficient (Wildman–Crippen LogP) is 9.20. The number of aryl methyl sites for hydroxylation is 6. The lowest BCUT2D eigenvalue weighted by molar-refractivity contribution is 0.0903. The van der Waals surface area contributed by atoms with Crippen LogP contribution in [0.2, 0.25) is 0 Å². The van der Waals surface area contributed by atoms with Crippen molar-refractivity contribution >= 4 is 0 Å². The van der Waals surface area contributed by atoms with Crippen molar-refractivity contribution in [1.29, 1.82) is 0 Å². The molecule has 15 nitrogen and oxygen atoms in total. The van der Waals surface area contributed by atoms with Crippen molar-refractivity contribution in [2.75, 3.05) is 60.8 Å². The molecule has 0 bridgehead atoms. The molecule has 426 valence electrons. The number of rotatable bonds is 27. The molecule has 3 aliphatic heterocycles. The van der Waals surface area contributed by atoms with Crippen LogP contribution in [0.1, 0.15) is 33.4 Å². The van der Waals surface area contributed by atoms with Gasteiger partial charge in [-0.1, -0.05) is 91.0 Å². The Hall–Kier alpha value is -8.76. The SMILES string of the molecule is COc1ccc(CCc2ccccc2OCC(O)CN2C=CNC=C2)cc1.COc1ccc(CCc2ccccc2OC[C@@H](O)CN2C=CNC=C2)cc1.COc1ccc(CCc2ccccc2OC[C@H](O)CN2C=CNC=C2)cc1. The van der Waals surface area contributed by atoms with E-state index in [1.54, 1.807) is 21.3 Å². The van der Waals surface area contributed by atoms with Gasteiger partial charge in [0.25, 0.3) is 0 Å². The normalized spacial score (nSPS) is 13.9. The van der Waals surface area contributed by atoms with Gasteiger partial charge in [0.1, 0.15) is 72.6 Å². The van der Waals surface area contributed by atoms with Crippen molar-refractivity contribution in [1.82, 2.24) is 30.7 Å². The van der Waals surface area contributed by atoms with Gasteiger partial charge in [-0.25, -0.2) is 0 Å². The summed E-state index contributed by atoms with van der Waals surface area (Å²) < 4.78 is 33.3. The maximum absolute atomic E-state index is 10.2. The molecule has 0 radical (unpaired) electrons. The first-order valence-corrected chi connectivity index (χ1v) is 27.3. The van der Waals surface area contributed by atoms with Crippen LogP contribution >= 0.6 is 0 Å². The maximum Gasteiger partial charge on any atom is 0.122 e. The summed E-state index contributed by atoms with van der Waals surface area (Å²) >= 11 is 0. The molecule has 0 spiro atoms. The molecule has 0 aromatic heterocycles. The van der Waals surface area contributed by atoms with E-state index >= 15 is 0 Å². The van der Waals surface area contributed by atoms with Gasteiger partial charge >= 0.3 is 0 Å². The molecule has 3 aliphatic rings. The minimum absolute atomic E-state index is 0.255. The number of aliphatic hydroxyl groups excluding tert-OH is 3. The highest BCUT2D eigenvalue weighted by Crippen LogP contribution is 2.25. The molecular weight excluding hydrogens is 1020 g/mol. The summed E-state index contributed by atoms with van der Waals surface area (Å²) in [4.78, 5) is 5.75. The van der Waals surface area contributed by atoms with Crippen LogP contribution in [0.5, 0.6) is 34.5 Å². The molecule has 0 aliphatic carbocycles. The number of nitrogens with zero attached hydrogens (tertiary/aromatic N) is 3. The summed E-state index contributed by atoms with van der Waals surface area (Å²) in [5, 5.41) is 39.6. The fourth-order valence-electron chi connectivity index (χ4n) is 8.73. The van der Waals surface area contributed by atoms with E-state index in [9.17, 15) is 15.3 Å². The van der Waals surface area contributed by atoms with E-state index in [4.69, 9.17) is 28.4 Å². The monoisotopic (exact) mass is 1100 g/mol. The van der Waals surface area contributed by atoms with Crippen LogP contribution in [0.25, 0.3) is 0 Å². The average Bonchev–Trinajstić information content (AvgIpc) is 3.52. The predicted molar refractivity (Wildman–Crippen MR) is 319 cm³/mol. The molecule has 0 saturated heterocycles. The molecule has 0 fully saturated rings. The number of β-amino-alcohol motifs (C(OH)–C–C–N with tert-alkyl or cyclic N) is 3. The van der Waals surface area contributed by atoms with Crippen molar-refractivity contribution in [2.45, 2.75) is 56.8 Å². The second-order valence-electron chi connectivity index (χ2n) is 19.2. The summed E-state index contributed by atoms with van der Waals surface area (Å²) in [6, 6.07) is 48.4. The second kappa shape index (κ2) is 33.6. The van der Waals surface area contributed by atoms with Crippen molar-refractivity contribution in [2.24, 2.45) is 0 Å². The third kappa shape index (κ3) is 21.4. The Bertz CT molecular complexity index is 2590. The van der Waals surface area contributed by atoms with E-state index in [2.05, 4.69) is 70.5 Å². The van der Waals surface area contributed by atoms with Crippen molar-refractivity contribution < 1.29 is 43.7 Å².